The molecule has 0 aliphatic carbocycles. The number of carbonyl (C=O) groups is 3. The molecule has 0 aromatic heterocycles. The number of carbonyl (C=O) groups excluding carboxylic acids is 2. The molecule has 9 nitrogen and oxygen atoms in total. The van der Waals surface area contributed by atoms with E-state index in [-0.39, 0.29) is 32.2 Å². The Kier molecular flexibility index (Phi) is 50.4. The molecule has 0 aromatic rings. The highest BCUT2D eigenvalue weighted by Crippen LogP contribution is 2.17. The van der Waals surface area contributed by atoms with Gasteiger partial charge in [-0.25, -0.2) is 4.79 Å². The minimum atomic E-state index is -1.51. The maximum absolute atomic E-state index is 12.9. The number of carboxylic acid groups (broad SMARTS) is 1. The van der Waals surface area contributed by atoms with E-state index in [0.717, 1.165) is 38.5 Å². The Hall–Kier alpha value is -2.23. The van der Waals surface area contributed by atoms with Crippen molar-refractivity contribution in [1.29, 1.82) is 0 Å². The lowest BCUT2D eigenvalue weighted by Gasteiger charge is -2.25. The molecule has 0 fully saturated rings. The summed E-state index contributed by atoms with van der Waals surface area (Å²) in [5, 5.41) is 9.70. The summed E-state index contributed by atoms with van der Waals surface area (Å²) >= 11 is 0. The third-order valence-corrected chi connectivity index (χ3v) is 13.2. The number of likely N-dealkylation sites (N-methyl/N-ethyl adjacent to an activating group) is 1. The first-order valence-electron chi connectivity index (χ1n) is 29.5. The average Bonchev–Trinajstić information content (AvgIpc) is 3.31. The van der Waals surface area contributed by atoms with Crippen LogP contribution < -0.4 is 0 Å². The van der Waals surface area contributed by atoms with Crippen LogP contribution in [0.15, 0.2) is 24.3 Å². The number of allylic oxidation sites excluding steroid dienone is 4. The molecule has 0 aromatic carbocycles. The van der Waals surface area contributed by atoms with E-state index in [1.165, 1.54) is 218 Å². The Morgan fingerprint density at radius 3 is 1.07 bits per heavy atom. The maximum Gasteiger partial charge on any atom is 0.361 e. The largest absolute Gasteiger partial charge is 0.477 e. The molecular formula is C60H114NO8+. The summed E-state index contributed by atoms with van der Waals surface area (Å²) in [5.74, 6) is -1.99. The summed E-state index contributed by atoms with van der Waals surface area (Å²) in [6, 6.07) is 0. The molecule has 0 saturated heterocycles. The molecular weight excluding hydrogens is 863 g/mol. The van der Waals surface area contributed by atoms with Gasteiger partial charge in [0.2, 0.25) is 0 Å². The number of unbranched alkanes of at least 4 members (excludes halogenated alkanes) is 36. The van der Waals surface area contributed by atoms with Crippen LogP contribution in [0.2, 0.25) is 0 Å². The van der Waals surface area contributed by atoms with Gasteiger partial charge in [-0.1, -0.05) is 231 Å². The molecule has 0 aliphatic rings. The molecule has 69 heavy (non-hydrogen) atoms. The van der Waals surface area contributed by atoms with Crippen molar-refractivity contribution in [2.45, 2.75) is 296 Å². The summed E-state index contributed by atoms with van der Waals surface area (Å²) in [6.45, 7) is 4.92. The Balaban J connectivity index is 4.22. The quantitative estimate of drug-likeness (QED) is 0.0211. The molecule has 0 radical (unpaired) electrons. The van der Waals surface area contributed by atoms with Gasteiger partial charge < -0.3 is 28.5 Å². The number of carboxylic acids is 1. The van der Waals surface area contributed by atoms with Gasteiger partial charge in [0.25, 0.3) is 6.29 Å². The molecule has 2 unspecified atom stereocenters. The lowest BCUT2D eigenvalue weighted by atomic mass is 10.0. The van der Waals surface area contributed by atoms with E-state index in [2.05, 4.69) is 38.2 Å². The van der Waals surface area contributed by atoms with Crippen molar-refractivity contribution in [3.8, 4) is 0 Å². The minimum Gasteiger partial charge on any atom is -0.477 e. The Morgan fingerprint density at radius 1 is 0.420 bits per heavy atom. The highest BCUT2D eigenvalue weighted by atomic mass is 16.7. The van der Waals surface area contributed by atoms with E-state index in [1.54, 1.807) is 0 Å². The molecule has 9 heteroatoms. The molecule has 0 bridgehead atoms. The van der Waals surface area contributed by atoms with Crippen molar-refractivity contribution >= 4 is 17.9 Å². The van der Waals surface area contributed by atoms with Gasteiger partial charge in [-0.15, -0.1) is 0 Å². The number of aliphatic carboxylic acids is 1. The third-order valence-electron chi connectivity index (χ3n) is 13.2. The fourth-order valence-corrected chi connectivity index (χ4v) is 8.59. The van der Waals surface area contributed by atoms with Gasteiger partial charge in [-0.05, 0) is 64.2 Å². The van der Waals surface area contributed by atoms with Crippen LogP contribution in [0.25, 0.3) is 0 Å². The van der Waals surface area contributed by atoms with E-state index in [4.69, 9.17) is 18.9 Å². The first kappa shape index (κ1) is 66.8. The molecule has 0 heterocycles. The Morgan fingerprint density at radius 2 is 0.739 bits per heavy atom. The highest BCUT2D eigenvalue weighted by molar-refractivity contribution is 5.71. The molecule has 0 aliphatic heterocycles. The van der Waals surface area contributed by atoms with Crippen LogP contribution in [0.3, 0.4) is 0 Å². The SMILES string of the molecule is CCCCCCCCCC/C=C\CCCCCCCCCCCCCC(=O)OC(COC(=O)CCCCCCCCCCC/C=C\CCCCCCCCCC)COC(OCC[N+](C)(C)C)C(=O)O. The summed E-state index contributed by atoms with van der Waals surface area (Å²) in [4.78, 5) is 37.4. The zero-order valence-corrected chi connectivity index (χ0v) is 46.2. The van der Waals surface area contributed by atoms with Gasteiger partial charge in [0.15, 0.2) is 6.10 Å². The van der Waals surface area contributed by atoms with Gasteiger partial charge in [-0.2, -0.15) is 0 Å². The van der Waals surface area contributed by atoms with E-state index < -0.39 is 24.3 Å². The Labute approximate surface area is 427 Å². The average molecular weight is 978 g/mol. The number of nitrogens with zero attached hydrogens (tertiary/aromatic N) is 1. The van der Waals surface area contributed by atoms with Gasteiger partial charge >= 0.3 is 17.9 Å². The first-order chi connectivity index (χ1) is 33.6. The van der Waals surface area contributed by atoms with Crippen molar-refractivity contribution in [1.82, 2.24) is 0 Å². The molecule has 0 amide bonds. The second-order valence-electron chi connectivity index (χ2n) is 21.3. The lowest BCUT2D eigenvalue weighted by molar-refractivity contribution is -0.870. The fourth-order valence-electron chi connectivity index (χ4n) is 8.59. The van der Waals surface area contributed by atoms with Crippen molar-refractivity contribution < 1.29 is 42.9 Å². The predicted molar refractivity (Wildman–Crippen MR) is 291 cm³/mol. The Bertz CT molecular complexity index is 1180. The van der Waals surface area contributed by atoms with Gasteiger partial charge in [-0.3, -0.25) is 9.59 Å². The normalized spacial score (nSPS) is 12.9. The third kappa shape index (κ3) is 53.4. The minimum absolute atomic E-state index is 0.179. The zero-order chi connectivity index (χ0) is 50.6. The monoisotopic (exact) mass is 977 g/mol. The number of hydrogen-bond acceptors (Lipinski definition) is 7. The molecule has 2 atom stereocenters. The van der Waals surface area contributed by atoms with Crippen molar-refractivity contribution in [2.75, 3.05) is 47.5 Å². The number of rotatable bonds is 55. The van der Waals surface area contributed by atoms with Crippen molar-refractivity contribution in [3.05, 3.63) is 24.3 Å². The topological polar surface area (TPSA) is 108 Å². The first-order valence-corrected chi connectivity index (χ1v) is 29.5. The smallest absolute Gasteiger partial charge is 0.361 e. The van der Waals surface area contributed by atoms with Crippen LogP contribution in [0.4, 0.5) is 0 Å². The van der Waals surface area contributed by atoms with E-state index >= 15 is 0 Å². The van der Waals surface area contributed by atoms with Gasteiger partial charge in [0, 0.05) is 12.8 Å². The summed E-state index contributed by atoms with van der Waals surface area (Å²) in [6.07, 6.45) is 58.2. The number of ether oxygens (including phenoxy) is 4. The van der Waals surface area contributed by atoms with Crippen LogP contribution in [0.1, 0.15) is 284 Å². The lowest BCUT2D eigenvalue weighted by Crippen LogP contribution is -2.40. The van der Waals surface area contributed by atoms with Crippen LogP contribution in [-0.4, -0.2) is 87.4 Å². The molecule has 0 saturated carbocycles. The van der Waals surface area contributed by atoms with E-state index in [1.807, 2.05) is 21.1 Å². The number of hydrogen-bond donors (Lipinski definition) is 1. The second kappa shape index (κ2) is 52.1. The zero-order valence-electron chi connectivity index (χ0n) is 46.2. The van der Waals surface area contributed by atoms with Crippen LogP contribution in [-0.2, 0) is 33.3 Å². The van der Waals surface area contributed by atoms with E-state index in [9.17, 15) is 19.5 Å². The maximum atomic E-state index is 12.9. The van der Waals surface area contributed by atoms with Gasteiger partial charge in [0.05, 0.1) is 34.4 Å². The van der Waals surface area contributed by atoms with Gasteiger partial charge in [0.1, 0.15) is 13.2 Å². The summed E-state index contributed by atoms with van der Waals surface area (Å²) in [7, 11) is 5.98. The molecule has 406 valence electrons. The molecule has 0 rings (SSSR count). The highest BCUT2D eigenvalue weighted by Gasteiger charge is 2.25. The van der Waals surface area contributed by atoms with Crippen LogP contribution >= 0.6 is 0 Å². The van der Waals surface area contributed by atoms with Crippen LogP contribution in [0, 0.1) is 0 Å². The summed E-state index contributed by atoms with van der Waals surface area (Å²) in [5.41, 5.74) is 0. The summed E-state index contributed by atoms with van der Waals surface area (Å²) < 4.78 is 22.9. The van der Waals surface area contributed by atoms with Crippen molar-refractivity contribution in [3.63, 3.8) is 0 Å². The predicted octanol–water partition coefficient (Wildman–Crippen LogP) is 17.1. The molecule has 1 N–H and O–H groups in total. The van der Waals surface area contributed by atoms with Crippen LogP contribution in [0.5, 0.6) is 0 Å². The van der Waals surface area contributed by atoms with Crippen molar-refractivity contribution in [2.24, 2.45) is 0 Å². The second-order valence-corrected chi connectivity index (χ2v) is 21.3. The number of esters is 2. The fraction of sp³-hybridized carbons (Fsp3) is 0.883. The molecule has 0 spiro atoms. The number of quaternary nitrogens is 1. The van der Waals surface area contributed by atoms with E-state index in [0.29, 0.717) is 17.4 Å². The standard InChI is InChI=1S/C60H113NO8/c1-6-8-10-12-14-16-18-20-22-24-26-28-29-31-33-35-37-39-41-43-45-47-49-51-58(63)69-56(55-68-60(59(64)65)66-53-52-61(3,4)5)54-67-57(62)50-48-46-44-42-40-38-36-34-32-30-27-25-23-21-19-17-15-13-11-9-7-2/h24-27,56,60H,6-23,28-55H2,1-5H3/p+1/b26-24-,27-25-.